The number of carboxylic acid groups (broad SMARTS) is 1. The van der Waals surface area contributed by atoms with Gasteiger partial charge in [0.25, 0.3) is 5.91 Å². The van der Waals surface area contributed by atoms with E-state index in [1.807, 2.05) is 67.6 Å². The Hall–Kier alpha value is -4.36. The van der Waals surface area contributed by atoms with E-state index in [9.17, 15) is 14.4 Å². The quantitative estimate of drug-likeness (QED) is 0.245. The largest absolute Gasteiger partial charge is 0.478 e. The van der Waals surface area contributed by atoms with Gasteiger partial charge in [-0.2, -0.15) is 0 Å². The molecule has 2 amide bonds. The number of hydrogen-bond donors (Lipinski definition) is 3. The van der Waals surface area contributed by atoms with Gasteiger partial charge >= 0.3 is 5.97 Å². The summed E-state index contributed by atoms with van der Waals surface area (Å²) in [5.74, 6) is -1.48. The van der Waals surface area contributed by atoms with Crippen molar-refractivity contribution in [3.63, 3.8) is 0 Å². The van der Waals surface area contributed by atoms with Crippen molar-refractivity contribution in [2.24, 2.45) is 0 Å². The average molecular weight is 497 g/mol. The Balaban J connectivity index is 1.52. The average Bonchev–Trinajstić information content (AvgIpc) is 2.88. The van der Waals surface area contributed by atoms with E-state index in [4.69, 9.17) is 5.11 Å². The third kappa shape index (κ3) is 6.40. The van der Waals surface area contributed by atoms with Crippen LogP contribution in [-0.4, -0.2) is 22.9 Å². The normalized spacial score (nSPS) is 11.4. The fourth-order valence-corrected chi connectivity index (χ4v) is 4.58. The molecule has 0 saturated carbocycles. The van der Waals surface area contributed by atoms with Gasteiger partial charge in [0.2, 0.25) is 5.91 Å². The Morgan fingerprint density at radius 3 is 2.06 bits per heavy atom. The number of nitrogens with one attached hydrogen (secondary N) is 2. The molecule has 0 spiro atoms. The zero-order valence-corrected chi connectivity index (χ0v) is 20.3. The Morgan fingerprint density at radius 1 is 0.722 bits per heavy atom. The number of benzene rings is 4. The molecule has 0 radical (unpaired) electrons. The van der Waals surface area contributed by atoms with Gasteiger partial charge in [-0.05, 0) is 67.1 Å². The van der Waals surface area contributed by atoms with Crippen molar-refractivity contribution in [2.75, 3.05) is 10.6 Å². The number of aromatic carboxylic acids is 1. The van der Waals surface area contributed by atoms with Gasteiger partial charge in [0, 0.05) is 21.8 Å². The predicted molar refractivity (Wildman–Crippen MR) is 143 cm³/mol. The Kier molecular flexibility index (Phi) is 7.82. The van der Waals surface area contributed by atoms with Crippen LogP contribution in [0.15, 0.2) is 108 Å². The van der Waals surface area contributed by atoms with E-state index in [0.717, 1.165) is 16.0 Å². The number of anilines is 2. The van der Waals surface area contributed by atoms with Gasteiger partial charge in [0.05, 0.1) is 5.56 Å². The van der Waals surface area contributed by atoms with Gasteiger partial charge in [-0.15, -0.1) is 11.8 Å². The predicted octanol–water partition coefficient (Wildman–Crippen LogP) is 6.42. The lowest BCUT2D eigenvalue weighted by molar-refractivity contribution is -0.115. The first-order chi connectivity index (χ1) is 17.4. The van der Waals surface area contributed by atoms with Crippen LogP contribution in [0.3, 0.4) is 0 Å². The number of aryl methyl sites for hydroxylation is 1. The molecule has 1 unspecified atom stereocenters. The minimum absolute atomic E-state index is 0.145. The van der Waals surface area contributed by atoms with Gasteiger partial charge < -0.3 is 15.7 Å². The number of amides is 2. The Labute approximate surface area is 213 Å². The van der Waals surface area contributed by atoms with Crippen molar-refractivity contribution in [2.45, 2.75) is 17.1 Å². The van der Waals surface area contributed by atoms with E-state index in [-0.39, 0.29) is 17.4 Å². The SMILES string of the molecule is Cc1ccc(C(=O)Nc2cccc(SC(C(=O)Nc3ccc(C(=O)O)cc3)c3ccccc3)c2)cc1. The first-order valence-corrected chi connectivity index (χ1v) is 12.1. The maximum absolute atomic E-state index is 13.3. The van der Waals surface area contributed by atoms with Gasteiger partial charge in [0.1, 0.15) is 5.25 Å². The molecule has 1 atom stereocenters. The number of carboxylic acids is 1. The summed E-state index contributed by atoms with van der Waals surface area (Å²) in [7, 11) is 0. The molecule has 0 aliphatic heterocycles. The lowest BCUT2D eigenvalue weighted by Crippen LogP contribution is -2.19. The molecule has 0 aliphatic rings. The third-order valence-electron chi connectivity index (χ3n) is 5.40. The van der Waals surface area contributed by atoms with Crippen LogP contribution in [0.1, 0.15) is 37.1 Å². The highest BCUT2D eigenvalue weighted by Gasteiger charge is 2.22. The van der Waals surface area contributed by atoms with Crippen molar-refractivity contribution < 1.29 is 19.5 Å². The van der Waals surface area contributed by atoms with Crippen LogP contribution in [0.2, 0.25) is 0 Å². The van der Waals surface area contributed by atoms with Crippen molar-refractivity contribution in [3.05, 3.63) is 125 Å². The monoisotopic (exact) mass is 496 g/mol. The summed E-state index contributed by atoms with van der Waals surface area (Å²) in [4.78, 5) is 37.8. The summed E-state index contributed by atoms with van der Waals surface area (Å²) in [6, 6.07) is 30.1. The molecule has 0 aromatic heterocycles. The lowest BCUT2D eigenvalue weighted by Gasteiger charge is -2.18. The zero-order chi connectivity index (χ0) is 25.5. The van der Waals surface area contributed by atoms with Crippen LogP contribution < -0.4 is 10.6 Å². The maximum atomic E-state index is 13.3. The van der Waals surface area contributed by atoms with Gasteiger partial charge in [-0.3, -0.25) is 9.59 Å². The highest BCUT2D eigenvalue weighted by Crippen LogP contribution is 2.37. The number of thioether (sulfide) groups is 1. The van der Waals surface area contributed by atoms with Gasteiger partial charge in [0.15, 0.2) is 0 Å². The Morgan fingerprint density at radius 2 is 1.39 bits per heavy atom. The van der Waals surface area contributed by atoms with Crippen molar-refractivity contribution in [3.8, 4) is 0 Å². The van der Waals surface area contributed by atoms with E-state index in [1.165, 1.54) is 23.9 Å². The fourth-order valence-electron chi connectivity index (χ4n) is 3.50. The molecule has 0 bridgehead atoms. The molecular weight excluding hydrogens is 472 g/mol. The second-order valence-electron chi connectivity index (χ2n) is 8.13. The molecule has 7 heteroatoms. The summed E-state index contributed by atoms with van der Waals surface area (Å²) < 4.78 is 0. The Bertz CT molecular complexity index is 1370. The van der Waals surface area contributed by atoms with E-state index < -0.39 is 11.2 Å². The number of hydrogen-bond acceptors (Lipinski definition) is 4. The maximum Gasteiger partial charge on any atom is 0.335 e. The minimum Gasteiger partial charge on any atom is -0.478 e. The molecule has 36 heavy (non-hydrogen) atoms. The van der Waals surface area contributed by atoms with Crippen molar-refractivity contribution >= 4 is 40.9 Å². The molecule has 0 aliphatic carbocycles. The summed E-state index contributed by atoms with van der Waals surface area (Å²) in [6.45, 7) is 1.97. The summed E-state index contributed by atoms with van der Waals surface area (Å²) in [5.41, 5.74) is 3.73. The van der Waals surface area contributed by atoms with Crippen LogP contribution in [0, 0.1) is 6.92 Å². The lowest BCUT2D eigenvalue weighted by atomic mass is 10.1. The molecule has 0 fully saturated rings. The second-order valence-corrected chi connectivity index (χ2v) is 9.31. The standard InChI is InChI=1S/C29H24N2O4S/c1-19-10-12-21(13-11-19)27(32)31-24-8-5-9-25(18-24)36-26(20-6-3-2-4-7-20)28(33)30-23-16-14-22(15-17-23)29(34)35/h2-18,26H,1H3,(H,30,33)(H,31,32)(H,34,35). The highest BCUT2D eigenvalue weighted by atomic mass is 32.2. The zero-order valence-electron chi connectivity index (χ0n) is 19.5. The van der Waals surface area contributed by atoms with Gasteiger partial charge in [-0.25, -0.2) is 4.79 Å². The first-order valence-electron chi connectivity index (χ1n) is 11.2. The first kappa shape index (κ1) is 24.8. The van der Waals surface area contributed by atoms with Crippen molar-refractivity contribution in [1.82, 2.24) is 0 Å². The van der Waals surface area contributed by atoms with E-state index in [0.29, 0.717) is 16.9 Å². The minimum atomic E-state index is -1.03. The molecule has 0 saturated heterocycles. The topological polar surface area (TPSA) is 95.5 Å². The summed E-state index contributed by atoms with van der Waals surface area (Å²) in [5, 5.41) is 14.3. The summed E-state index contributed by atoms with van der Waals surface area (Å²) in [6.07, 6.45) is 0. The fraction of sp³-hybridized carbons (Fsp3) is 0.0690. The van der Waals surface area contributed by atoms with Crippen LogP contribution >= 0.6 is 11.8 Å². The van der Waals surface area contributed by atoms with Crippen molar-refractivity contribution in [1.29, 1.82) is 0 Å². The number of carbonyl (C=O) groups excluding carboxylic acids is 2. The van der Waals surface area contributed by atoms with E-state index in [1.54, 1.807) is 30.3 Å². The van der Waals surface area contributed by atoms with Crippen LogP contribution in [-0.2, 0) is 4.79 Å². The molecule has 3 N–H and O–H groups in total. The van der Waals surface area contributed by atoms with Crippen LogP contribution in [0.25, 0.3) is 0 Å². The molecule has 4 aromatic carbocycles. The van der Waals surface area contributed by atoms with Crippen LogP contribution in [0.4, 0.5) is 11.4 Å². The molecule has 0 heterocycles. The van der Waals surface area contributed by atoms with Crippen LogP contribution in [0.5, 0.6) is 0 Å². The number of carbonyl (C=O) groups is 3. The van der Waals surface area contributed by atoms with Gasteiger partial charge in [-0.1, -0.05) is 54.1 Å². The third-order valence-corrected chi connectivity index (χ3v) is 6.65. The molecule has 4 aromatic rings. The van der Waals surface area contributed by atoms with E-state index in [2.05, 4.69) is 10.6 Å². The molecule has 180 valence electrons. The molecule has 4 rings (SSSR count). The smallest absolute Gasteiger partial charge is 0.335 e. The summed E-state index contributed by atoms with van der Waals surface area (Å²) >= 11 is 1.36. The molecule has 6 nitrogen and oxygen atoms in total. The molecular formula is C29H24N2O4S. The van der Waals surface area contributed by atoms with E-state index >= 15 is 0 Å². The number of rotatable bonds is 8. The highest BCUT2D eigenvalue weighted by molar-refractivity contribution is 8.00. The second kappa shape index (κ2) is 11.4.